The molecule has 0 fully saturated rings. The van der Waals surface area contributed by atoms with E-state index in [0.29, 0.717) is 6.61 Å². The molecule has 0 saturated carbocycles. The molecule has 0 spiro atoms. The van der Waals surface area contributed by atoms with Crippen molar-refractivity contribution in [3.63, 3.8) is 0 Å². The molecule has 1 N–H and O–H groups in total. The average Bonchev–Trinajstić information content (AvgIpc) is 2.08. The van der Waals surface area contributed by atoms with Crippen LogP contribution >= 0.6 is 0 Å². The van der Waals surface area contributed by atoms with E-state index in [1.807, 2.05) is 0 Å². The van der Waals surface area contributed by atoms with Crippen LogP contribution in [-0.4, -0.2) is 25.3 Å². The molecule has 2 nitrogen and oxygen atoms in total. The van der Waals surface area contributed by atoms with E-state index in [4.69, 9.17) is 4.74 Å². The van der Waals surface area contributed by atoms with Gasteiger partial charge in [-0.15, -0.1) is 6.58 Å². The molecule has 0 bridgehead atoms. The van der Waals surface area contributed by atoms with Crippen LogP contribution in [0.2, 0.25) is 0 Å². The van der Waals surface area contributed by atoms with Gasteiger partial charge >= 0.3 is 0 Å². The van der Waals surface area contributed by atoms with Crippen molar-refractivity contribution in [3.8, 4) is 0 Å². The minimum atomic E-state index is 0.249. The summed E-state index contributed by atoms with van der Waals surface area (Å²) in [6.45, 7) is 12.8. The summed E-state index contributed by atoms with van der Waals surface area (Å²) < 4.78 is 5.29. The lowest BCUT2D eigenvalue weighted by molar-refractivity contribution is 0.157. The molecule has 0 aromatic carbocycles. The Bertz CT molecular complexity index is 138. The van der Waals surface area contributed by atoms with Crippen molar-refractivity contribution in [2.24, 2.45) is 0 Å². The Kier molecular flexibility index (Phi) is 7.81. The summed E-state index contributed by atoms with van der Waals surface area (Å²) >= 11 is 0. The lowest BCUT2D eigenvalue weighted by atomic mass is 10.1. The molecule has 14 heavy (non-hydrogen) atoms. The predicted molar refractivity (Wildman–Crippen MR) is 62.6 cm³/mol. The van der Waals surface area contributed by atoms with Crippen LogP contribution in [0.25, 0.3) is 0 Å². The molecule has 0 aliphatic rings. The molecule has 2 heteroatoms. The first kappa shape index (κ1) is 13.7. The fourth-order valence-corrected chi connectivity index (χ4v) is 1.14. The predicted octanol–water partition coefficient (Wildman–Crippen LogP) is 2.75. The Labute approximate surface area is 88.7 Å². The van der Waals surface area contributed by atoms with Crippen LogP contribution in [-0.2, 0) is 4.74 Å². The van der Waals surface area contributed by atoms with E-state index in [-0.39, 0.29) is 5.54 Å². The van der Waals surface area contributed by atoms with Crippen LogP contribution in [0.1, 0.15) is 40.0 Å². The summed E-state index contributed by atoms with van der Waals surface area (Å²) in [5, 5.41) is 3.47. The van der Waals surface area contributed by atoms with E-state index in [1.54, 1.807) is 6.08 Å². The maximum Gasteiger partial charge on any atom is 0.0644 e. The molecule has 0 aromatic heterocycles. The normalized spacial score (nSPS) is 11.6. The highest BCUT2D eigenvalue weighted by molar-refractivity contribution is 4.69. The molecule has 0 amide bonds. The molecule has 0 rings (SSSR count). The topological polar surface area (TPSA) is 21.3 Å². The third kappa shape index (κ3) is 11.7. The fraction of sp³-hybridized carbons (Fsp3) is 0.833. The van der Waals surface area contributed by atoms with Crippen LogP contribution in [0.4, 0.5) is 0 Å². The number of unbranched alkanes of at least 4 members (excludes halogenated alkanes) is 2. The first-order valence-corrected chi connectivity index (χ1v) is 5.50. The third-order valence-electron chi connectivity index (χ3n) is 1.86. The average molecular weight is 199 g/mol. The van der Waals surface area contributed by atoms with Crippen LogP contribution in [0.15, 0.2) is 12.7 Å². The Morgan fingerprint density at radius 3 is 2.50 bits per heavy atom. The first-order valence-electron chi connectivity index (χ1n) is 5.50. The van der Waals surface area contributed by atoms with Crippen molar-refractivity contribution in [2.75, 3.05) is 19.8 Å². The van der Waals surface area contributed by atoms with Gasteiger partial charge in [0.05, 0.1) is 6.61 Å². The molecule has 84 valence electrons. The second kappa shape index (κ2) is 8.01. The van der Waals surface area contributed by atoms with Crippen molar-refractivity contribution < 1.29 is 4.74 Å². The van der Waals surface area contributed by atoms with Gasteiger partial charge in [0.25, 0.3) is 0 Å². The quantitative estimate of drug-likeness (QED) is 0.479. The van der Waals surface area contributed by atoms with Gasteiger partial charge in [-0.3, -0.25) is 0 Å². The molecule has 0 unspecified atom stereocenters. The van der Waals surface area contributed by atoms with Gasteiger partial charge in [0.15, 0.2) is 0 Å². The van der Waals surface area contributed by atoms with Gasteiger partial charge in [-0.2, -0.15) is 0 Å². The highest BCUT2D eigenvalue weighted by atomic mass is 16.5. The van der Waals surface area contributed by atoms with Crippen LogP contribution in [0.5, 0.6) is 0 Å². The molecule has 0 heterocycles. The van der Waals surface area contributed by atoms with Gasteiger partial charge < -0.3 is 10.1 Å². The zero-order valence-electron chi connectivity index (χ0n) is 9.94. The lowest BCUT2D eigenvalue weighted by Gasteiger charge is -2.20. The second-order valence-corrected chi connectivity index (χ2v) is 4.60. The van der Waals surface area contributed by atoms with Gasteiger partial charge in [0.2, 0.25) is 0 Å². The largest absolute Gasteiger partial charge is 0.377 e. The highest BCUT2D eigenvalue weighted by Crippen LogP contribution is 2.00. The van der Waals surface area contributed by atoms with Crippen LogP contribution in [0, 0.1) is 0 Å². The van der Waals surface area contributed by atoms with E-state index >= 15 is 0 Å². The van der Waals surface area contributed by atoms with E-state index in [9.17, 15) is 0 Å². The zero-order chi connectivity index (χ0) is 10.9. The Morgan fingerprint density at radius 2 is 1.93 bits per heavy atom. The smallest absolute Gasteiger partial charge is 0.0644 e. The first-order chi connectivity index (χ1) is 6.56. The van der Waals surface area contributed by atoms with Gasteiger partial charge in [-0.1, -0.05) is 6.08 Å². The lowest BCUT2D eigenvalue weighted by Crippen LogP contribution is -2.36. The Balaban J connectivity index is 3.03. The second-order valence-electron chi connectivity index (χ2n) is 4.60. The minimum Gasteiger partial charge on any atom is -0.377 e. The molecular weight excluding hydrogens is 174 g/mol. The summed E-state index contributed by atoms with van der Waals surface area (Å²) in [7, 11) is 0. The molecule has 0 atom stereocenters. The Hall–Kier alpha value is -0.340. The molecule has 0 aromatic rings. The number of rotatable bonds is 8. The van der Waals surface area contributed by atoms with Crippen molar-refractivity contribution in [2.45, 2.75) is 45.6 Å². The third-order valence-corrected chi connectivity index (χ3v) is 1.86. The number of hydrogen-bond donors (Lipinski definition) is 1. The molecule has 0 aliphatic heterocycles. The van der Waals surface area contributed by atoms with Crippen LogP contribution < -0.4 is 5.32 Å². The number of ether oxygens (including phenoxy) is 1. The maximum atomic E-state index is 5.29. The molecular formula is C12H25NO. The molecule has 0 saturated heterocycles. The van der Waals surface area contributed by atoms with Crippen molar-refractivity contribution in [1.29, 1.82) is 0 Å². The van der Waals surface area contributed by atoms with Gasteiger partial charge in [-0.25, -0.2) is 0 Å². The molecule has 0 aliphatic carbocycles. The van der Waals surface area contributed by atoms with Crippen LogP contribution in [0.3, 0.4) is 0 Å². The van der Waals surface area contributed by atoms with Gasteiger partial charge in [0.1, 0.15) is 0 Å². The van der Waals surface area contributed by atoms with E-state index in [2.05, 4.69) is 32.7 Å². The Morgan fingerprint density at radius 1 is 1.21 bits per heavy atom. The monoisotopic (exact) mass is 199 g/mol. The summed E-state index contributed by atoms with van der Waals surface area (Å²) in [4.78, 5) is 0. The fourth-order valence-electron chi connectivity index (χ4n) is 1.14. The number of hydrogen-bond acceptors (Lipinski definition) is 2. The van der Waals surface area contributed by atoms with Crippen molar-refractivity contribution >= 4 is 0 Å². The zero-order valence-corrected chi connectivity index (χ0v) is 9.94. The number of nitrogens with one attached hydrogen (secondary N) is 1. The summed E-state index contributed by atoms with van der Waals surface area (Å²) in [6.07, 6.45) is 5.41. The van der Waals surface area contributed by atoms with Crippen molar-refractivity contribution in [1.82, 2.24) is 5.32 Å². The summed E-state index contributed by atoms with van der Waals surface area (Å²) in [5.74, 6) is 0. The van der Waals surface area contributed by atoms with E-state index < -0.39 is 0 Å². The van der Waals surface area contributed by atoms with Crippen molar-refractivity contribution in [3.05, 3.63) is 12.7 Å². The standard InChI is InChI=1S/C12H25NO/c1-5-10-14-11-8-6-7-9-13-12(2,3)4/h5,13H,1,6-11H2,2-4H3. The highest BCUT2D eigenvalue weighted by Gasteiger charge is 2.06. The maximum absolute atomic E-state index is 5.29. The molecule has 0 radical (unpaired) electrons. The van der Waals surface area contributed by atoms with E-state index in [0.717, 1.165) is 19.6 Å². The van der Waals surface area contributed by atoms with E-state index in [1.165, 1.54) is 12.8 Å². The summed E-state index contributed by atoms with van der Waals surface area (Å²) in [5.41, 5.74) is 0.249. The van der Waals surface area contributed by atoms with Gasteiger partial charge in [-0.05, 0) is 46.6 Å². The minimum absolute atomic E-state index is 0.249. The SMILES string of the molecule is C=CCOCCCCCNC(C)(C)C. The van der Waals surface area contributed by atoms with Gasteiger partial charge in [0, 0.05) is 12.1 Å². The summed E-state index contributed by atoms with van der Waals surface area (Å²) in [6, 6.07) is 0.